The molecule has 2 aromatic rings. The number of nitrogens with two attached hydrogens (primary N) is 1. The average Bonchev–Trinajstić information content (AvgIpc) is 2.25. The van der Waals surface area contributed by atoms with E-state index in [1.807, 2.05) is 0 Å². The highest BCUT2D eigenvalue weighted by Crippen LogP contribution is 2.28. The number of ether oxygens (including phenoxy) is 1. The molecular weight excluding hydrogens is 214 g/mol. The molecule has 1 aromatic heterocycles. The van der Waals surface area contributed by atoms with Crippen LogP contribution in [0.15, 0.2) is 36.8 Å². The zero-order valence-corrected chi connectivity index (χ0v) is 8.48. The Morgan fingerprint density at radius 1 is 1.27 bits per heavy atom. The van der Waals surface area contributed by atoms with Crippen LogP contribution in [0.1, 0.15) is 0 Å². The van der Waals surface area contributed by atoms with Crippen LogP contribution >= 0.6 is 11.6 Å². The number of hydrogen-bond donors (Lipinski definition) is 1. The summed E-state index contributed by atoms with van der Waals surface area (Å²) in [4.78, 5) is 7.83. The maximum absolute atomic E-state index is 5.81. The normalized spacial score (nSPS) is 9.93. The van der Waals surface area contributed by atoms with Crippen molar-refractivity contribution in [2.45, 2.75) is 0 Å². The van der Waals surface area contributed by atoms with Crippen molar-refractivity contribution in [2.75, 3.05) is 5.73 Å². The van der Waals surface area contributed by atoms with E-state index in [0.717, 1.165) is 0 Å². The second-order valence-electron chi connectivity index (χ2n) is 2.83. The number of anilines is 1. The quantitative estimate of drug-likeness (QED) is 0.792. The molecule has 0 aliphatic carbocycles. The number of benzene rings is 1. The van der Waals surface area contributed by atoms with Crippen LogP contribution in [0.2, 0.25) is 5.02 Å². The lowest BCUT2D eigenvalue weighted by Gasteiger charge is -2.06. The Labute approximate surface area is 91.7 Å². The molecule has 1 heterocycles. The summed E-state index contributed by atoms with van der Waals surface area (Å²) in [7, 11) is 0. The summed E-state index contributed by atoms with van der Waals surface area (Å²) in [6, 6.07) is 5.00. The largest absolute Gasteiger partial charge is 0.435 e. The minimum absolute atomic E-state index is 0.381. The van der Waals surface area contributed by atoms with Crippen molar-refractivity contribution in [3.05, 3.63) is 41.8 Å². The molecule has 0 radical (unpaired) electrons. The minimum Gasteiger partial charge on any atom is -0.435 e. The van der Waals surface area contributed by atoms with Crippen LogP contribution in [-0.4, -0.2) is 9.97 Å². The summed E-state index contributed by atoms with van der Waals surface area (Å²) in [5, 5.41) is 0.558. The van der Waals surface area contributed by atoms with Gasteiger partial charge in [0.15, 0.2) is 5.75 Å². The molecule has 0 atom stereocenters. The molecule has 0 bridgehead atoms. The van der Waals surface area contributed by atoms with Gasteiger partial charge in [-0.25, -0.2) is 4.98 Å². The van der Waals surface area contributed by atoms with E-state index in [9.17, 15) is 0 Å². The molecule has 2 N–H and O–H groups in total. The molecule has 0 aliphatic heterocycles. The van der Waals surface area contributed by atoms with Gasteiger partial charge in [-0.2, -0.15) is 0 Å². The van der Waals surface area contributed by atoms with Gasteiger partial charge in [0.1, 0.15) is 0 Å². The number of halogens is 1. The highest BCUT2D eigenvalue weighted by atomic mass is 35.5. The maximum Gasteiger partial charge on any atom is 0.237 e. The summed E-state index contributed by atoms with van der Waals surface area (Å²) in [6.07, 6.45) is 4.60. The second-order valence-corrected chi connectivity index (χ2v) is 3.26. The average molecular weight is 222 g/mol. The molecule has 0 fully saturated rings. The molecule has 0 unspecified atom stereocenters. The van der Waals surface area contributed by atoms with Gasteiger partial charge >= 0.3 is 0 Å². The minimum atomic E-state index is 0.381. The lowest BCUT2D eigenvalue weighted by Crippen LogP contribution is -1.93. The standard InChI is InChI=1S/C10H8ClN3O/c11-7-1-2-8(12)9(5-7)15-10-6-13-3-4-14-10/h1-6H,12H2. The van der Waals surface area contributed by atoms with Gasteiger partial charge in [0, 0.05) is 23.5 Å². The molecule has 0 saturated heterocycles. The summed E-state index contributed by atoms with van der Waals surface area (Å²) in [6.45, 7) is 0. The van der Waals surface area contributed by atoms with Crippen molar-refractivity contribution >= 4 is 17.3 Å². The van der Waals surface area contributed by atoms with Crippen molar-refractivity contribution in [1.29, 1.82) is 0 Å². The molecule has 15 heavy (non-hydrogen) atoms. The number of aromatic nitrogens is 2. The zero-order chi connectivity index (χ0) is 10.7. The van der Waals surface area contributed by atoms with E-state index in [2.05, 4.69) is 9.97 Å². The topological polar surface area (TPSA) is 61.0 Å². The maximum atomic E-state index is 5.81. The predicted molar refractivity (Wildman–Crippen MR) is 58.0 cm³/mol. The Morgan fingerprint density at radius 3 is 2.87 bits per heavy atom. The Morgan fingerprint density at radius 2 is 2.13 bits per heavy atom. The van der Waals surface area contributed by atoms with Gasteiger partial charge in [-0.1, -0.05) is 11.6 Å². The summed E-state index contributed by atoms with van der Waals surface area (Å²) >= 11 is 5.81. The summed E-state index contributed by atoms with van der Waals surface area (Å²) < 4.78 is 5.41. The van der Waals surface area contributed by atoms with Gasteiger partial charge in [-0.15, -0.1) is 0 Å². The van der Waals surface area contributed by atoms with E-state index < -0.39 is 0 Å². The highest BCUT2D eigenvalue weighted by molar-refractivity contribution is 6.30. The van der Waals surface area contributed by atoms with Crippen LogP contribution in [0.4, 0.5) is 5.69 Å². The van der Waals surface area contributed by atoms with Gasteiger partial charge < -0.3 is 10.5 Å². The van der Waals surface area contributed by atoms with Gasteiger partial charge in [-0.05, 0) is 12.1 Å². The van der Waals surface area contributed by atoms with Crippen LogP contribution in [-0.2, 0) is 0 Å². The SMILES string of the molecule is Nc1ccc(Cl)cc1Oc1cnccn1. The Bertz CT molecular complexity index is 461. The van der Waals surface area contributed by atoms with E-state index in [0.29, 0.717) is 22.3 Å². The summed E-state index contributed by atoms with van der Waals surface area (Å²) in [5.74, 6) is 0.856. The smallest absolute Gasteiger partial charge is 0.237 e. The fourth-order valence-corrected chi connectivity index (χ4v) is 1.21. The van der Waals surface area contributed by atoms with Crippen LogP contribution in [0.5, 0.6) is 11.6 Å². The van der Waals surface area contributed by atoms with Crippen molar-refractivity contribution in [2.24, 2.45) is 0 Å². The number of hydrogen-bond acceptors (Lipinski definition) is 4. The van der Waals surface area contributed by atoms with E-state index in [1.165, 1.54) is 12.4 Å². The van der Waals surface area contributed by atoms with E-state index in [-0.39, 0.29) is 0 Å². The molecule has 4 nitrogen and oxygen atoms in total. The molecule has 2 rings (SSSR count). The van der Waals surface area contributed by atoms with Gasteiger partial charge in [0.25, 0.3) is 0 Å². The highest BCUT2D eigenvalue weighted by Gasteiger charge is 2.03. The van der Waals surface area contributed by atoms with Crippen molar-refractivity contribution in [3.63, 3.8) is 0 Å². The first-order chi connectivity index (χ1) is 7.25. The first kappa shape index (κ1) is 9.73. The van der Waals surface area contributed by atoms with Crippen molar-refractivity contribution in [1.82, 2.24) is 9.97 Å². The van der Waals surface area contributed by atoms with Gasteiger partial charge in [0.05, 0.1) is 11.9 Å². The first-order valence-electron chi connectivity index (χ1n) is 4.24. The van der Waals surface area contributed by atoms with E-state index >= 15 is 0 Å². The zero-order valence-electron chi connectivity index (χ0n) is 7.72. The fourth-order valence-electron chi connectivity index (χ4n) is 1.05. The monoisotopic (exact) mass is 221 g/mol. The van der Waals surface area contributed by atoms with Crippen LogP contribution in [0.3, 0.4) is 0 Å². The first-order valence-corrected chi connectivity index (χ1v) is 4.62. The fraction of sp³-hybridized carbons (Fsp3) is 0. The molecule has 0 amide bonds. The van der Waals surface area contributed by atoms with Gasteiger partial charge in [-0.3, -0.25) is 4.98 Å². The molecule has 76 valence electrons. The van der Waals surface area contributed by atoms with Crippen LogP contribution in [0.25, 0.3) is 0 Å². The summed E-state index contributed by atoms with van der Waals surface area (Å²) in [5.41, 5.74) is 6.21. The lowest BCUT2D eigenvalue weighted by atomic mass is 10.3. The Balaban J connectivity index is 2.28. The third-order valence-electron chi connectivity index (χ3n) is 1.73. The number of nitrogen functional groups attached to an aromatic ring is 1. The molecular formula is C10H8ClN3O. The Hall–Kier alpha value is -1.81. The van der Waals surface area contributed by atoms with Crippen LogP contribution in [0, 0.1) is 0 Å². The molecule has 0 aliphatic rings. The number of nitrogens with zero attached hydrogens (tertiary/aromatic N) is 2. The lowest BCUT2D eigenvalue weighted by molar-refractivity contribution is 0.462. The van der Waals surface area contributed by atoms with Gasteiger partial charge in [0.2, 0.25) is 5.88 Å². The molecule has 0 spiro atoms. The molecule has 5 heteroatoms. The van der Waals surface area contributed by atoms with E-state index in [4.69, 9.17) is 22.1 Å². The van der Waals surface area contributed by atoms with Crippen molar-refractivity contribution < 1.29 is 4.74 Å². The Kier molecular flexibility index (Phi) is 2.69. The van der Waals surface area contributed by atoms with Crippen molar-refractivity contribution in [3.8, 4) is 11.6 Å². The number of rotatable bonds is 2. The third kappa shape index (κ3) is 2.35. The second kappa shape index (κ2) is 4.14. The third-order valence-corrected chi connectivity index (χ3v) is 1.96. The molecule has 1 aromatic carbocycles. The van der Waals surface area contributed by atoms with Crippen LogP contribution < -0.4 is 10.5 Å². The molecule has 0 saturated carbocycles. The van der Waals surface area contributed by atoms with E-state index in [1.54, 1.807) is 24.4 Å². The predicted octanol–water partition coefficient (Wildman–Crippen LogP) is 2.50.